The molecule has 0 bridgehead atoms. The van der Waals surface area contributed by atoms with Crippen molar-refractivity contribution in [3.05, 3.63) is 29.2 Å². The van der Waals surface area contributed by atoms with E-state index in [1.807, 2.05) is 0 Å². The standard InChI is InChI=1S/C10H7N3O3S/c1-5(14)8-7(10(15)16)13-9(17-8)6-2-3-11-4-12-6/h2-4H,1H3,(H,15,16). The molecule has 0 saturated heterocycles. The second-order valence-electron chi connectivity index (χ2n) is 3.15. The molecule has 0 aromatic carbocycles. The summed E-state index contributed by atoms with van der Waals surface area (Å²) < 4.78 is 0. The van der Waals surface area contributed by atoms with Gasteiger partial charge in [-0.05, 0) is 6.07 Å². The Morgan fingerprint density at radius 2 is 2.18 bits per heavy atom. The van der Waals surface area contributed by atoms with Gasteiger partial charge in [0.2, 0.25) is 0 Å². The number of Topliss-reactive ketones (excluding diaryl/α,β-unsaturated/α-hetero) is 1. The summed E-state index contributed by atoms with van der Waals surface area (Å²) in [5, 5.41) is 9.33. The summed E-state index contributed by atoms with van der Waals surface area (Å²) in [6.45, 7) is 1.31. The van der Waals surface area contributed by atoms with E-state index in [0.29, 0.717) is 10.7 Å². The van der Waals surface area contributed by atoms with Crippen LogP contribution in [0.4, 0.5) is 0 Å². The molecule has 0 aliphatic heterocycles. The van der Waals surface area contributed by atoms with E-state index >= 15 is 0 Å². The van der Waals surface area contributed by atoms with Gasteiger partial charge in [0, 0.05) is 13.1 Å². The molecule has 0 aliphatic carbocycles. The molecule has 0 fully saturated rings. The minimum Gasteiger partial charge on any atom is -0.476 e. The zero-order valence-electron chi connectivity index (χ0n) is 8.75. The number of carboxylic acids is 1. The van der Waals surface area contributed by atoms with Crippen molar-refractivity contribution in [3.8, 4) is 10.7 Å². The highest BCUT2D eigenvalue weighted by Crippen LogP contribution is 2.26. The maximum Gasteiger partial charge on any atom is 0.356 e. The van der Waals surface area contributed by atoms with E-state index < -0.39 is 5.97 Å². The maximum absolute atomic E-state index is 11.3. The molecule has 86 valence electrons. The third-order valence-electron chi connectivity index (χ3n) is 1.95. The van der Waals surface area contributed by atoms with Crippen molar-refractivity contribution in [1.82, 2.24) is 15.0 Å². The van der Waals surface area contributed by atoms with Gasteiger partial charge in [-0.3, -0.25) is 4.79 Å². The van der Waals surface area contributed by atoms with E-state index in [4.69, 9.17) is 5.11 Å². The number of aromatic carboxylic acids is 1. The minimum atomic E-state index is -1.22. The van der Waals surface area contributed by atoms with Crippen LogP contribution in [0.2, 0.25) is 0 Å². The number of thiazole rings is 1. The second kappa shape index (κ2) is 4.38. The van der Waals surface area contributed by atoms with Gasteiger partial charge in [-0.25, -0.2) is 19.7 Å². The lowest BCUT2D eigenvalue weighted by molar-refractivity contribution is 0.0687. The Morgan fingerprint density at radius 1 is 1.41 bits per heavy atom. The SMILES string of the molecule is CC(=O)c1sc(-c2ccncn2)nc1C(=O)O. The molecular weight excluding hydrogens is 242 g/mol. The third kappa shape index (κ3) is 2.18. The largest absolute Gasteiger partial charge is 0.476 e. The van der Waals surface area contributed by atoms with E-state index in [9.17, 15) is 9.59 Å². The molecule has 0 atom stereocenters. The monoisotopic (exact) mass is 249 g/mol. The summed E-state index contributed by atoms with van der Waals surface area (Å²) in [7, 11) is 0. The van der Waals surface area contributed by atoms with E-state index in [2.05, 4.69) is 15.0 Å². The van der Waals surface area contributed by atoms with Gasteiger partial charge in [-0.15, -0.1) is 11.3 Å². The molecule has 0 spiro atoms. The van der Waals surface area contributed by atoms with Crippen LogP contribution in [0.1, 0.15) is 27.1 Å². The Morgan fingerprint density at radius 3 is 2.65 bits per heavy atom. The lowest BCUT2D eigenvalue weighted by Gasteiger charge is -1.91. The van der Waals surface area contributed by atoms with Gasteiger partial charge in [0.15, 0.2) is 11.5 Å². The average Bonchev–Trinajstić information content (AvgIpc) is 2.75. The number of carbonyl (C=O) groups excluding carboxylic acids is 1. The fourth-order valence-electron chi connectivity index (χ4n) is 1.23. The number of rotatable bonds is 3. The molecule has 6 nitrogen and oxygen atoms in total. The lowest BCUT2D eigenvalue weighted by Crippen LogP contribution is -2.03. The highest BCUT2D eigenvalue weighted by Gasteiger charge is 2.21. The van der Waals surface area contributed by atoms with Gasteiger partial charge in [-0.1, -0.05) is 0 Å². The summed E-state index contributed by atoms with van der Waals surface area (Å²) in [6.07, 6.45) is 2.86. The number of ketones is 1. The van der Waals surface area contributed by atoms with Crippen LogP contribution >= 0.6 is 11.3 Å². The first-order valence-electron chi connectivity index (χ1n) is 4.61. The molecule has 2 rings (SSSR count). The number of hydrogen-bond donors (Lipinski definition) is 1. The van der Waals surface area contributed by atoms with Crippen LogP contribution < -0.4 is 0 Å². The Bertz CT molecular complexity index is 548. The topological polar surface area (TPSA) is 93.0 Å². The molecule has 2 aromatic rings. The van der Waals surface area contributed by atoms with Crippen LogP contribution in [0.25, 0.3) is 10.7 Å². The van der Waals surface area contributed by atoms with Crippen LogP contribution in [0, 0.1) is 0 Å². The third-order valence-corrected chi connectivity index (χ3v) is 3.13. The van der Waals surface area contributed by atoms with Crippen LogP contribution in [0.5, 0.6) is 0 Å². The van der Waals surface area contributed by atoms with Gasteiger partial charge in [0.05, 0.1) is 0 Å². The summed E-state index contributed by atoms with van der Waals surface area (Å²) >= 11 is 1.02. The number of aromatic nitrogens is 3. The first-order chi connectivity index (χ1) is 8.09. The van der Waals surface area contributed by atoms with E-state index in [1.54, 1.807) is 6.07 Å². The van der Waals surface area contributed by atoms with Crippen molar-refractivity contribution in [3.63, 3.8) is 0 Å². The first kappa shape index (κ1) is 11.3. The highest BCUT2D eigenvalue weighted by molar-refractivity contribution is 7.17. The molecule has 0 radical (unpaired) electrons. The zero-order chi connectivity index (χ0) is 12.4. The molecule has 17 heavy (non-hydrogen) atoms. The van der Waals surface area contributed by atoms with Gasteiger partial charge < -0.3 is 5.11 Å². The zero-order valence-corrected chi connectivity index (χ0v) is 9.56. The summed E-state index contributed by atoms with van der Waals surface area (Å²) in [5.41, 5.74) is 0.274. The summed E-state index contributed by atoms with van der Waals surface area (Å²) in [4.78, 5) is 34.0. The highest BCUT2D eigenvalue weighted by atomic mass is 32.1. The maximum atomic E-state index is 11.3. The molecular formula is C10H7N3O3S. The van der Waals surface area contributed by atoms with Gasteiger partial charge in [0.25, 0.3) is 0 Å². The molecule has 0 aliphatic rings. The quantitative estimate of drug-likeness (QED) is 0.828. The van der Waals surface area contributed by atoms with Gasteiger partial charge in [-0.2, -0.15) is 0 Å². The predicted octanol–water partition coefficient (Wildman–Crippen LogP) is 1.50. The molecule has 7 heteroatoms. The molecule has 1 N–H and O–H groups in total. The smallest absolute Gasteiger partial charge is 0.356 e. The van der Waals surface area contributed by atoms with Crippen molar-refractivity contribution >= 4 is 23.1 Å². The number of hydrogen-bond acceptors (Lipinski definition) is 6. The number of carbonyl (C=O) groups is 2. The molecule has 0 unspecified atom stereocenters. The first-order valence-corrected chi connectivity index (χ1v) is 5.42. The Balaban J connectivity index is 2.55. The molecule has 2 heterocycles. The molecule has 0 amide bonds. The van der Waals surface area contributed by atoms with Crippen molar-refractivity contribution in [2.75, 3.05) is 0 Å². The lowest BCUT2D eigenvalue weighted by atomic mass is 10.3. The Labute approximate surface area is 100.0 Å². The van der Waals surface area contributed by atoms with Crippen molar-refractivity contribution < 1.29 is 14.7 Å². The second-order valence-corrected chi connectivity index (χ2v) is 4.15. The number of nitrogens with zero attached hydrogens (tertiary/aromatic N) is 3. The Hall–Kier alpha value is -2.15. The summed E-state index contributed by atoms with van der Waals surface area (Å²) in [6, 6.07) is 1.61. The van der Waals surface area contributed by atoms with Crippen LogP contribution in [-0.4, -0.2) is 31.8 Å². The Kier molecular flexibility index (Phi) is 2.92. The van der Waals surface area contributed by atoms with Crippen LogP contribution in [-0.2, 0) is 0 Å². The fourth-order valence-corrected chi connectivity index (χ4v) is 2.16. The normalized spacial score (nSPS) is 10.2. The van der Waals surface area contributed by atoms with E-state index in [1.165, 1.54) is 19.4 Å². The predicted molar refractivity (Wildman–Crippen MR) is 60.1 cm³/mol. The van der Waals surface area contributed by atoms with Gasteiger partial charge >= 0.3 is 5.97 Å². The van der Waals surface area contributed by atoms with E-state index in [0.717, 1.165) is 11.3 Å². The molecule has 0 saturated carbocycles. The van der Waals surface area contributed by atoms with E-state index in [-0.39, 0.29) is 16.4 Å². The van der Waals surface area contributed by atoms with Crippen molar-refractivity contribution in [2.24, 2.45) is 0 Å². The number of carboxylic acid groups (broad SMARTS) is 1. The van der Waals surface area contributed by atoms with Crippen LogP contribution in [0.3, 0.4) is 0 Å². The molecule has 2 aromatic heterocycles. The average molecular weight is 249 g/mol. The van der Waals surface area contributed by atoms with Gasteiger partial charge in [0.1, 0.15) is 21.9 Å². The van der Waals surface area contributed by atoms with Crippen LogP contribution in [0.15, 0.2) is 18.6 Å². The van der Waals surface area contributed by atoms with Crippen molar-refractivity contribution in [2.45, 2.75) is 6.92 Å². The fraction of sp³-hybridized carbons (Fsp3) is 0.100. The summed E-state index contributed by atoms with van der Waals surface area (Å²) in [5.74, 6) is -1.54. The van der Waals surface area contributed by atoms with Crippen molar-refractivity contribution in [1.29, 1.82) is 0 Å². The minimum absolute atomic E-state index is 0.131.